The van der Waals surface area contributed by atoms with Crippen LogP contribution in [0.4, 0.5) is 0 Å². The van der Waals surface area contributed by atoms with E-state index in [1.807, 2.05) is 83.7 Å². The van der Waals surface area contributed by atoms with Gasteiger partial charge in [0.25, 0.3) is 0 Å². The Bertz CT molecular complexity index is 1410. The quantitative estimate of drug-likeness (QED) is 0.374. The first-order valence-corrected chi connectivity index (χ1v) is 11.4. The topological polar surface area (TPSA) is 72.9 Å². The van der Waals surface area contributed by atoms with Gasteiger partial charge in [0, 0.05) is 23.9 Å². The molecular weight excluding hydrogens is 420 g/mol. The zero-order chi connectivity index (χ0) is 23.3. The van der Waals surface area contributed by atoms with Gasteiger partial charge < -0.3 is 11.1 Å². The van der Waals surface area contributed by atoms with Crippen LogP contribution in [-0.4, -0.2) is 21.7 Å². The fourth-order valence-electron chi connectivity index (χ4n) is 4.11. The summed E-state index contributed by atoms with van der Waals surface area (Å²) in [5, 5.41) is 10.2. The summed E-state index contributed by atoms with van der Waals surface area (Å²) in [6.07, 6.45) is 2.47. The summed E-state index contributed by atoms with van der Waals surface area (Å²) in [5.41, 5.74) is 11.0. The third-order valence-electron chi connectivity index (χ3n) is 5.92. The molecule has 5 nitrogen and oxygen atoms in total. The van der Waals surface area contributed by atoms with Crippen LogP contribution in [0.1, 0.15) is 11.1 Å². The van der Waals surface area contributed by atoms with Crippen LogP contribution < -0.4 is 11.1 Å². The molecule has 5 rings (SSSR count). The molecule has 0 aliphatic heterocycles. The van der Waals surface area contributed by atoms with E-state index >= 15 is 0 Å². The van der Waals surface area contributed by atoms with Crippen molar-refractivity contribution >= 4 is 16.7 Å². The highest BCUT2D eigenvalue weighted by molar-refractivity contribution is 5.87. The molecule has 5 heteroatoms. The molecule has 0 saturated carbocycles. The molecule has 0 unspecified atom stereocenters. The van der Waals surface area contributed by atoms with E-state index in [4.69, 9.17) is 10.8 Å². The average molecular weight is 447 g/mol. The number of hydrogen-bond acceptors (Lipinski definition) is 3. The van der Waals surface area contributed by atoms with Gasteiger partial charge in [-0.3, -0.25) is 4.79 Å². The van der Waals surface area contributed by atoms with Gasteiger partial charge in [-0.1, -0.05) is 84.9 Å². The minimum Gasteiger partial charge on any atom is -0.351 e. The summed E-state index contributed by atoms with van der Waals surface area (Å²) < 4.78 is 1.86. The fourth-order valence-corrected chi connectivity index (χ4v) is 4.11. The van der Waals surface area contributed by atoms with Crippen LogP contribution >= 0.6 is 0 Å². The maximum Gasteiger partial charge on any atom is 0.237 e. The number of nitrogens with two attached hydrogens (primary N) is 1. The lowest BCUT2D eigenvalue weighted by molar-refractivity contribution is -0.122. The van der Waals surface area contributed by atoms with Crippen molar-refractivity contribution in [3.8, 4) is 16.9 Å². The molecule has 1 aromatic heterocycles. The highest BCUT2D eigenvalue weighted by atomic mass is 16.2. The van der Waals surface area contributed by atoms with Gasteiger partial charge in [0.15, 0.2) is 0 Å². The summed E-state index contributed by atoms with van der Waals surface area (Å²) in [5.74, 6) is -0.180. The Morgan fingerprint density at radius 1 is 0.853 bits per heavy atom. The van der Waals surface area contributed by atoms with Crippen LogP contribution in [0.5, 0.6) is 0 Å². The van der Waals surface area contributed by atoms with Crippen molar-refractivity contribution in [2.45, 2.75) is 19.0 Å². The molecule has 168 valence electrons. The molecule has 5 aromatic rings. The monoisotopic (exact) mass is 446 g/mol. The molecular formula is C29H26N4O. The molecule has 1 amide bonds. The second-order valence-corrected chi connectivity index (χ2v) is 8.36. The summed E-state index contributed by atoms with van der Waals surface area (Å²) >= 11 is 0. The molecule has 0 fully saturated rings. The summed E-state index contributed by atoms with van der Waals surface area (Å²) in [6, 6.07) is 33.7. The number of para-hydroxylation sites is 1. The molecule has 34 heavy (non-hydrogen) atoms. The van der Waals surface area contributed by atoms with Gasteiger partial charge in [-0.2, -0.15) is 5.10 Å². The predicted molar refractivity (Wildman–Crippen MR) is 136 cm³/mol. The maximum absolute atomic E-state index is 12.8. The van der Waals surface area contributed by atoms with Gasteiger partial charge in [-0.25, -0.2) is 4.68 Å². The second-order valence-electron chi connectivity index (χ2n) is 8.36. The van der Waals surface area contributed by atoms with Gasteiger partial charge in [0.05, 0.1) is 17.4 Å². The largest absolute Gasteiger partial charge is 0.351 e. The van der Waals surface area contributed by atoms with Gasteiger partial charge in [-0.15, -0.1) is 0 Å². The molecule has 1 heterocycles. The number of nitrogens with zero attached hydrogens (tertiary/aromatic N) is 2. The third kappa shape index (κ3) is 4.75. The predicted octanol–water partition coefficient (Wildman–Crippen LogP) is 4.88. The summed E-state index contributed by atoms with van der Waals surface area (Å²) in [6.45, 7) is 0.344. The Morgan fingerprint density at radius 2 is 1.53 bits per heavy atom. The molecule has 0 aliphatic carbocycles. The van der Waals surface area contributed by atoms with Crippen molar-refractivity contribution < 1.29 is 4.79 Å². The number of rotatable bonds is 7. The highest BCUT2D eigenvalue weighted by Gasteiger charge is 2.17. The van der Waals surface area contributed by atoms with Gasteiger partial charge in [-0.05, 0) is 41.0 Å². The van der Waals surface area contributed by atoms with E-state index in [1.54, 1.807) is 0 Å². The number of amides is 1. The summed E-state index contributed by atoms with van der Waals surface area (Å²) in [7, 11) is 0. The molecule has 0 radical (unpaired) electrons. The number of carbonyl (C=O) groups excluding carboxylic acids is 1. The lowest BCUT2D eigenvalue weighted by Crippen LogP contribution is -2.41. The van der Waals surface area contributed by atoms with Crippen molar-refractivity contribution in [1.29, 1.82) is 0 Å². The van der Waals surface area contributed by atoms with Crippen LogP contribution in [0.3, 0.4) is 0 Å². The van der Waals surface area contributed by atoms with Crippen molar-refractivity contribution in [1.82, 2.24) is 15.1 Å². The molecule has 0 saturated heterocycles. The molecule has 4 aromatic carbocycles. The Hall–Kier alpha value is -4.22. The van der Waals surface area contributed by atoms with Gasteiger partial charge in [0.2, 0.25) is 5.91 Å². The normalized spacial score (nSPS) is 11.9. The van der Waals surface area contributed by atoms with Gasteiger partial charge >= 0.3 is 0 Å². The number of nitrogens with one attached hydrogen (secondary N) is 1. The second kappa shape index (κ2) is 9.73. The summed E-state index contributed by atoms with van der Waals surface area (Å²) in [4.78, 5) is 12.8. The van der Waals surface area contributed by atoms with Crippen LogP contribution in [0.25, 0.3) is 27.7 Å². The van der Waals surface area contributed by atoms with Crippen molar-refractivity contribution in [3.63, 3.8) is 0 Å². The first kappa shape index (κ1) is 21.6. The van der Waals surface area contributed by atoms with E-state index in [0.717, 1.165) is 33.5 Å². The average Bonchev–Trinajstić information content (AvgIpc) is 3.32. The van der Waals surface area contributed by atoms with E-state index in [0.29, 0.717) is 13.0 Å². The lowest BCUT2D eigenvalue weighted by Gasteiger charge is -2.12. The van der Waals surface area contributed by atoms with E-state index in [1.165, 1.54) is 5.39 Å². The van der Waals surface area contributed by atoms with E-state index < -0.39 is 6.04 Å². The fraction of sp³-hybridized carbons (Fsp3) is 0.103. The Morgan fingerprint density at radius 3 is 2.29 bits per heavy atom. The standard InChI is InChI=1S/C29H26N4O/c30-27(17-21-9-3-1-4-10-21)29(34)31-19-25-20-33(26-13-5-2-6-14-26)32-28(25)24-16-15-22-11-7-8-12-23(22)18-24/h1-16,18,20,27H,17,19,30H2,(H,31,34)/t27-/m0/s1. The van der Waals surface area contributed by atoms with Crippen LogP contribution in [0, 0.1) is 0 Å². The smallest absolute Gasteiger partial charge is 0.237 e. The Kier molecular flexibility index (Phi) is 6.19. The number of carbonyl (C=O) groups is 1. The lowest BCUT2D eigenvalue weighted by atomic mass is 10.0. The number of aromatic nitrogens is 2. The number of hydrogen-bond donors (Lipinski definition) is 2. The molecule has 1 atom stereocenters. The highest BCUT2D eigenvalue weighted by Crippen LogP contribution is 2.27. The first-order chi connectivity index (χ1) is 16.7. The first-order valence-electron chi connectivity index (χ1n) is 11.4. The number of fused-ring (bicyclic) bond motifs is 1. The molecule has 0 spiro atoms. The maximum atomic E-state index is 12.8. The SMILES string of the molecule is N[C@@H](Cc1ccccc1)C(=O)NCc1cn(-c2ccccc2)nc1-c1ccc2ccccc2c1. The van der Waals surface area contributed by atoms with Crippen LogP contribution in [0.2, 0.25) is 0 Å². The van der Waals surface area contributed by atoms with Crippen molar-refractivity contribution in [2.75, 3.05) is 0 Å². The van der Waals surface area contributed by atoms with Gasteiger partial charge in [0.1, 0.15) is 0 Å². The van der Waals surface area contributed by atoms with Crippen LogP contribution in [0.15, 0.2) is 109 Å². The zero-order valence-electron chi connectivity index (χ0n) is 18.8. The molecule has 0 bridgehead atoms. The minimum atomic E-state index is -0.615. The van der Waals surface area contributed by atoms with E-state index in [9.17, 15) is 4.79 Å². The Balaban J connectivity index is 1.42. The van der Waals surface area contributed by atoms with Crippen molar-refractivity contribution in [3.05, 3.63) is 120 Å². The van der Waals surface area contributed by atoms with Crippen molar-refractivity contribution in [2.24, 2.45) is 5.73 Å². The van der Waals surface area contributed by atoms with Crippen LogP contribution in [-0.2, 0) is 17.8 Å². The van der Waals surface area contributed by atoms with E-state index in [2.05, 4.69) is 35.6 Å². The third-order valence-corrected chi connectivity index (χ3v) is 5.92. The van der Waals surface area contributed by atoms with E-state index in [-0.39, 0.29) is 5.91 Å². The molecule has 0 aliphatic rings. The molecule has 3 N–H and O–H groups in total. The Labute approximate surface area is 198 Å². The minimum absolute atomic E-state index is 0.180. The zero-order valence-corrected chi connectivity index (χ0v) is 18.8. The number of benzene rings is 4.